The number of fused-ring (bicyclic) bond motifs is 5. The summed E-state index contributed by atoms with van der Waals surface area (Å²) in [5, 5.41) is 22.2. The van der Waals surface area contributed by atoms with Crippen molar-refractivity contribution in [1.29, 1.82) is 0 Å². The fourth-order valence-corrected chi connectivity index (χ4v) is 10.0. The van der Waals surface area contributed by atoms with E-state index in [2.05, 4.69) is 46.8 Å². The number of ether oxygens (including phenoxy) is 3. The fraction of sp³-hybridized carbons (Fsp3) is 0.711. The van der Waals surface area contributed by atoms with Crippen molar-refractivity contribution in [3.8, 4) is 0 Å². The monoisotopic (exact) mass is 638 g/mol. The van der Waals surface area contributed by atoms with E-state index in [1.807, 2.05) is 0 Å². The molecule has 0 aromatic heterocycles. The summed E-state index contributed by atoms with van der Waals surface area (Å²) in [5.74, 6) is -1.39. The molecule has 1 unspecified atom stereocenters. The van der Waals surface area contributed by atoms with Gasteiger partial charge in [0, 0.05) is 17.9 Å². The van der Waals surface area contributed by atoms with Crippen molar-refractivity contribution >= 4 is 17.9 Å². The topological polar surface area (TPSA) is 119 Å². The van der Waals surface area contributed by atoms with E-state index in [1.54, 1.807) is 13.0 Å². The lowest BCUT2D eigenvalue weighted by molar-refractivity contribution is -0.198. The number of ketones is 1. The van der Waals surface area contributed by atoms with Crippen LogP contribution in [0.3, 0.4) is 0 Å². The fourth-order valence-electron chi connectivity index (χ4n) is 10.0. The number of carbonyl (C=O) groups excluding carboxylic acids is 3. The van der Waals surface area contributed by atoms with Gasteiger partial charge in [0.2, 0.25) is 12.1 Å². The molecular weight excluding hydrogens is 584 g/mol. The lowest BCUT2D eigenvalue weighted by atomic mass is 9.35. The van der Waals surface area contributed by atoms with Crippen LogP contribution in [0.2, 0.25) is 0 Å². The second kappa shape index (κ2) is 12.0. The summed E-state index contributed by atoms with van der Waals surface area (Å²) < 4.78 is 16.2. The Morgan fingerprint density at radius 1 is 1.02 bits per heavy atom. The van der Waals surface area contributed by atoms with Gasteiger partial charge in [-0.05, 0) is 117 Å². The molecule has 0 radical (unpaired) electrons. The number of aliphatic hydroxyl groups excluding tert-OH is 1. The van der Waals surface area contributed by atoms with E-state index >= 15 is 0 Å². The Morgan fingerprint density at radius 2 is 1.70 bits per heavy atom. The number of esters is 1. The zero-order valence-corrected chi connectivity index (χ0v) is 29.1. The maximum atomic E-state index is 13.5. The van der Waals surface area contributed by atoms with Crippen LogP contribution in [0, 0.1) is 27.6 Å². The third kappa shape index (κ3) is 5.56. The average Bonchev–Trinajstić information content (AvgIpc) is 2.98. The largest absolute Gasteiger partial charge is 0.511 e. The molecule has 46 heavy (non-hydrogen) atoms. The Morgan fingerprint density at radius 3 is 2.35 bits per heavy atom. The first-order valence-corrected chi connectivity index (χ1v) is 17.3. The normalized spacial score (nSPS) is 34.4. The van der Waals surface area contributed by atoms with E-state index in [0.717, 1.165) is 75.4 Å². The van der Waals surface area contributed by atoms with Gasteiger partial charge in [0.25, 0.3) is 0 Å². The van der Waals surface area contributed by atoms with Gasteiger partial charge in [-0.3, -0.25) is 4.79 Å². The summed E-state index contributed by atoms with van der Waals surface area (Å²) in [7, 11) is 0. The summed E-state index contributed by atoms with van der Waals surface area (Å²) in [6, 6.07) is 0. The zero-order valence-electron chi connectivity index (χ0n) is 29.1. The molecule has 5 aliphatic rings. The van der Waals surface area contributed by atoms with Gasteiger partial charge in [0.1, 0.15) is 6.10 Å². The predicted octanol–water partition coefficient (Wildman–Crippen LogP) is 8.35. The summed E-state index contributed by atoms with van der Waals surface area (Å²) >= 11 is 0. The van der Waals surface area contributed by atoms with Crippen LogP contribution in [0.25, 0.3) is 0 Å². The minimum Gasteiger partial charge on any atom is -0.504 e. The third-order valence-electron chi connectivity index (χ3n) is 12.8. The Labute approximate surface area is 274 Å². The van der Waals surface area contributed by atoms with Crippen molar-refractivity contribution in [2.24, 2.45) is 27.6 Å². The molecule has 0 aliphatic heterocycles. The van der Waals surface area contributed by atoms with E-state index < -0.39 is 24.0 Å². The highest BCUT2D eigenvalue weighted by Crippen LogP contribution is 2.74. The first kappa shape index (κ1) is 34.5. The van der Waals surface area contributed by atoms with Crippen molar-refractivity contribution in [3.05, 3.63) is 46.3 Å². The van der Waals surface area contributed by atoms with Crippen LogP contribution in [-0.4, -0.2) is 46.1 Å². The van der Waals surface area contributed by atoms with Crippen LogP contribution in [0.1, 0.15) is 126 Å². The first-order chi connectivity index (χ1) is 21.4. The van der Waals surface area contributed by atoms with Gasteiger partial charge in [0.05, 0.1) is 0 Å². The van der Waals surface area contributed by atoms with Crippen molar-refractivity contribution in [1.82, 2.24) is 0 Å². The van der Waals surface area contributed by atoms with Gasteiger partial charge >= 0.3 is 12.1 Å². The van der Waals surface area contributed by atoms with E-state index in [4.69, 9.17) is 14.2 Å². The van der Waals surface area contributed by atoms with E-state index in [0.29, 0.717) is 5.57 Å². The van der Waals surface area contributed by atoms with Gasteiger partial charge < -0.3 is 24.4 Å². The molecule has 6 atom stereocenters. The maximum Gasteiger partial charge on any atom is 0.511 e. The number of aliphatic hydroxyl groups is 2. The molecule has 8 heteroatoms. The van der Waals surface area contributed by atoms with Gasteiger partial charge in [-0.25, -0.2) is 9.59 Å². The SMILES string of the molecule is CC[C@@]12CC[C@@]3(C)C4=CC(=O)C(O)=C(C)C4=CC=C3[C@@]1(C)CCC(C)(C)[C@H]2C[C@@](C)(O)C(=O)OC(C)OC(=O)OC1CCCCC1. The van der Waals surface area contributed by atoms with Crippen LogP contribution in [-0.2, 0) is 23.8 Å². The van der Waals surface area contributed by atoms with Crippen molar-refractivity contribution in [2.75, 3.05) is 0 Å². The van der Waals surface area contributed by atoms with E-state index in [-0.39, 0.29) is 51.6 Å². The molecule has 0 bridgehead atoms. The standard InChI is InChI=1S/C38H54O8/c1-9-38-20-18-35(6)27-21-28(39)31(40)23(2)26(27)15-16-29(35)36(38,7)19-17-34(4,5)30(38)22-37(8,43)32(41)44-24(3)45-33(42)46-25-13-11-10-12-14-25/h15-16,21,24-25,30,40,43H,9-14,17-20,22H2,1-8H3/t24?,30-,35+,36-,37-,38+/m1/s1. The molecule has 5 rings (SSSR count). The zero-order chi connectivity index (χ0) is 33.9. The molecule has 0 aromatic rings. The maximum absolute atomic E-state index is 13.5. The highest BCUT2D eigenvalue weighted by Gasteiger charge is 2.66. The molecule has 0 amide bonds. The van der Waals surface area contributed by atoms with Crippen LogP contribution in [0.5, 0.6) is 0 Å². The van der Waals surface area contributed by atoms with Crippen LogP contribution < -0.4 is 0 Å². The Kier molecular flexibility index (Phi) is 8.98. The summed E-state index contributed by atoms with van der Waals surface area (Å²) in [4.78, 5) is 38.7. The van der Waals surface area contributed by atoms with Crippen molar-refractivity contribution in [2.45, 2.75) is 144 Å². The van der Waals surface area contributed by atoms with E-state index in [9.17, 15) is 24.6 Å². The number of carbonyl (C=O) groups is 3. The minimum absolute atomic E-state index is 0.0396. The van der Waals surface area contributed by atoms with Crippen LogP contribution in [0.15, 0.2) is 46.3 Å². The molecule has 8 nitrogen and oxygen atoms in total. The lowest BCUT2D eigenvalue weighted by Crippen LogP contribution is -2.62. The quantitative estimate of drug-likeness (QED) is 0.211. The van der Waals surface area contributed by atoms with Gasteiger partial charge in [-0.15, -0.1) is 0 Å². The minimum atomic E-state index is -1.82. The molecule has 5 aliphatic carbocycles. The van der Waals surface area contributed by atoms with Gasteiger partial charge in [-0.1, -0.05) is 58.8 Å². The number of hydrogen-bond donors (Lipinski definition) is 2. The molecule has 3 fully saturated rings. The molecule has 2 N–H and O–H groups in total. The number of rotatable bonds is 7. The van der Waals surface area contributed by atoms with Gasteiger partial charge in [-0.2, -0.15) is 0 Å². The Balaban J connectivity index is 1.39. The van der Waals surface area contributed by atoms with Crippen molar-refractivity contribution in [3.63, 3.8) is 0 Å². The molecular formula is C38H54O8. The molecule has 0 saturated heterocycles. The highest BCUT2D eigenvalue weighted by atomic mass is 16.8. The van der Waals surface area contributed by atoms with Gasteiger partial charge in [0.15, 0.2) is 11.4 Å². The average molecular weight is 639 g/mol. The third-order valence-corrected chi connectivity index (χ3v) is 12.8. The van der Waals surface area contributed by atoms with Crippen molar-refractivity contribution < 1.29 is 38.8 Å². The molecule has 254 valence electrons. The summed E-state index contributed by atoms with van der Waals surface area (Å²) in [6.45, 7) is 16.0. The molecule has 0 aromatic carbocycles. The first-order valence-electron chi connectivity index (χ1n) is 17.3. The summed E-state index contributed by atoms with van der Waals surface area (Å²) in [5.41, 5.74) is 0.922. The lowest BCUT2D eigenvalue weighted by Gasteiger charge is -2.69. The Hall–Kier alpha value is -2.87. The second-order valence-corrected chi connectivity index (χ2v) is 16.0. The molecule has 3 saturated carbocycles. The van der Waals surface area contributed by atoms with Crippen LogP contribution in [0.4, 0.5) is 4.79 Å². The highest BCUT2D eigenvalue weighted by molar-refractivity contribution is 6.06. The van der Waals surface area contributed by atoms with Crippen LogP contribution >= 0.6 is 0 Å². The van der Waals surface area contributed by atoms with E-state index in [1.165, 1.54) is 19.4 Å². The number of hydrogen-bond acceptors (Lipinski definition) is 8. The predicted molar refractivity (Wildman–Crippen MR) is 174 cm³/mol. The molecule has 0 heterocycles. The smallest absolute Gasteiger partial charge is 0.504 e. The molecule has 0 spiro atoms. The second-order valence-electron chi connectivity index (χ2n) is 16.0. The summed E-state index contributed by atoms with van der Waals surface area (Å²) in [6.07, 6.45) is 13.0. The number of allylic oxidation sites excluding steroid dienone is 7. The Bertz CT molecular complexity index is 1400.